The van der Waals surface area contributed by atoms with Crippen molar-refractivity contribution in [2.75, 3.05) is 0 Å². The molecule has 0 radical (unpaired) electrons. The number of hydrogen-bond donors (Lipinski definition) is 0. The van der Waals surface area contributed by atoms with Gasteiger partial charge >= 0.3 is 0 Å². The van der Waals surface area contributed by atoms with Crippen LogP contribution in [0.5, 0.6) is 0 Å². The van der Waals surface area contributed by atoms with Gasteiger partial charge in [0.1, 0.15) is 5.65 Å². The number of fused-ring (bicyclic) bond motifs is 2. The highest BCUT2D eigenvalue weighted by Gasteiger charge is 2.06. The summed E-state index contributed by atoms with van der Waals surface area (Å²) in [6.45, 7) is 11.8. The third-order valence-corrected chi connectivity index (χ3v) is 4.08. The molecule has 0 aliphatic heterocycles. The second kappa shape index (κ2) is 7.92. The van der Waals surface area contributed by atoms with Crippen LogP contribution in [0.1, 0.15) is 36.2 Å². The third kappa shape index (κ3) is 3.71. The summed E-state index contributed by atoms with van der Waals surface area (Å²) in [6.07, 6.45) is 9.31. The lowest BCUT2D eigenvalue weighted by atomic mass is 10.2. The summed E-state index contributed by atoms with van der Waals surface area (Å²) in [5.74, 6) is -0.231. The highest BCUT2D eigenvalue weighted by molar-refractivity contribution is 5.50. The number of nitrogens with zero attached hydrogens (tertiary/aromatic N) is 4. The van der Waals surface area contributed by atoms with Crippen LogP contribution < -0.4 is 0 Å². The Balaban J connectivity index is 0.000000165. The molecule has 0 fully saturated rings. The van der Waals surface area contributed by atoms with Gasteiger partial charge in [0.25, 0.3) is 0 Å². The van der Waals surface area contributed by atoms with Crippen LogP contribution in [-0.4, -0.2) is 18.8 Å². The van der Waals surface area contributed by atoms with E-state index in [4.69, 9.17) is 0 Å². The summed E-state index contributed by atoms with van der Waals surface area (Å²) in [6, 6.07) is 3.85. The van der Waals surface area contributed by atoms with Crippen molar-refractivity contribution in [1.29, 1.82) is 0 Å². The Kier molecular flexibility index (Phi) is 5.91. The molecule has 0 saturated carbocycles. The van der Waals surface area contributed by atoms with Crippen molar-refractivity contribution in [1.82, 2.24) is 18.8 Å². The van der Waals surface area contributed by atoms with Crippen molar-refractivity contribution in [2.45, 2.75) is 41.5 Å². The molecule has 0 bridgehead atoms. The van der Waals surface area contributed by atoms with Gasteiger partial charge in [-0.25, -0.2) is 14.4 Å². The van der Waals surface area contributed by atoms with E-state index in [1.54, 1.807) is 23.6 Å². The van der Waals surface area contributed by atoms with E-state index in [2.05, 4.69) is 29.9 Å². The minimum Gasteiger partial charge on any atom is -0.307 e. The lowest BCUT2D eigenvalue weighted by Crippen LogP contribution is -1.92. The summed E-state index contributed by atoms with van der Waals surface area (Å²) >= 11 is 0. The highest BCUT2D eigenvalue weighted by Crippen LogP contribution is 2.13. The molecule has 4 heterocycles. The summed E-state index contributed by atoms with van der Waals surface area (Å²) in [5, 5.41) is 0. The van der Waals surface area contributed by atoms with Gasteiger partial charge in [-0.3, -0.25) is 0 Å². The van der Waals surface area contributed by atoms with E-state index in [0.29, 0.717) is 11.2 Å². The molecular formula is C20H25FN4. The Morgan fingerprint density at radius 1 is 0.840 bits per heavy atom. The van der Waals surface area contributed by atoms with E-state index in [-0.39, 0.29) is 5.82 Å². The van der Waals surface area contributed by atoms with Crippen LogP contribution in [0.15, 0.2) is 43.1 Å². The zero-order chi connectivity index (χ0) is 18.6. The van der Waals surface area contributed by atoms with Gasteiger partial charge in [-0.05, 0) is 56.5 Å². The normalized spacial score (nSPS) is 10.2. The van der Waals surface area contributed by atoms with Crippen LogP contribution in [0.4, 0.5) is 4.39 Å². The lowest BCUT2D eigenvalue weighted by Gasteiger charge is -2.00. The first-order chi connectivity index (χ1) is 12.0. The number of halogens is 1. The second-order valence-electron chi connectivity index (χ2n) is 5.69. The minimum atomic E-state index is -0.231. The maximum absolute atomic E-state index is 13.3. The minimum absolute atomic E-state index is 0.231. The molecule has 4 aromatic heterocycles. The Morgan fingerprint density at radius 3 is 2.24 bits per heavy atom. The standard InChI is InChI=1S/C9H9FN2.C9H10N2.C2H6/c1-6-3-4-12-7(2)5-11-9(12)8(6)10;1-7-3-5-11-6-4-10-9(11)8(7)2;1-2/h3-5H,1-2H3;3-6H,1-2H3;1-2H3. The molecular weight excluding hydrogens is 315 g/mol. The fourth-order valence-corrected chi connectivity index (χ4v) is 2.45. The van der Waals surface area contributed by atoms with E-state index in [1.165, 1.54) is 11.1 Å². The van der Waals surface area contributed by atoms with E-state index >= 15 is 0 Å². The zero-order valence-electron chi connectivity index (χ0n) is 15.7. The van der Waals surface area contributed by atoms with Crippen LogP contribution >= 0.6 is 0 Å². The predicted molar refractivity (Wildman–Crippen MR) is 101 cm³/mol. The smallest absolute Gasteiger partial charge is 0.173 e. The van der Waals surface area contributed by atoms with Gasteiger partial charge in [0, 0.05) is 36.7 Å². The molecule has 0 atom stereocenters. The van der Waals surface area contributed by atoms with Crippen LogP contribution in [-0.2, 0) is 0 Å². The first-order valence-electron chi connectivity index (χ1n) is 8.46. The van der Waals surface area contributed by atoms with Crippen molar-refractivity contribution in [3.05, 3.63) is 71.3 Å². The Bertz CT molecular complexity index is 982. The molecule has 4 rings (SSSR count). The van der Waals surface area contributed by atoms with Gasteiger partial charge in [0.2, 0.25) is 0 Å². The zero-order valence-corrected chi connectivity index (χ0v) is 15.7. The first-order valence-corrected chi connectivity index (χ1v) is 8.46. The second-order valence-corrected chi connectivity index (χ2v) is 5.69. The van der Waals surface area contributed by atoms with E-state index in [1.807, 2.05) is 50.0 Å². The molecule has 4 aromatic rings. The SMILES string of the molecule is CC.Cc1ccn2c(C)cnc2c1F.Cc1ccn2ccnc2c1C. The van der Waals surface area contributed by atoms with Crippen molar-refractivity contribution in [2.24, 2.45) is 0 Å². The number of aryl methyl sites for hydroxylation is 4. The van der Waals surface area contributed by atoms with Crippen LogP contribution in [0, 0.1) is 33.5 Å². The number of imidazole rings is 2. The molecule has 0 spiro atoms. The largest absolute Gasteiger partial charge is 0.307 e. The molecule has 0 unspecified atom stereocenters. The quantitative estimate of drug-likeness (QED) is 0.448. The fraction of sp³-hybridized carbons (Fsp3) is 0.300. The topological polar surface area (TPSA) is 34.6 Å². The van der Waals surface area contributed by atoms with Gasteiger partial charge in [0.15, 0.2) is 11.5 Å². The maximum Gasteiger partial charge on any atom is 0.173 e. The monoisotopic (exact) mass is 340 g/mol. The number of hydrogen-bond acceptors (Lipinski definition) is 2. The molecule has 0 aliphatic carbocycles. The molecule has 0 aliphatic rings. The third-order valence-electron chi connectivity index (χ3n) is 4.08. The molecule has 0 N–H and O–H groups in total. The Hall–Kier alpha value is -2.69. The van der Waals surface area contributed by atoms with E-state index < -0.39 is 0 Å². The Labute approximate surface area is 148 Å². The lowest BCUT2D eigenvalue weighted by molar-refractivity contribution is 0.620. The number of rotatable bonds is 0. The van der Waals surface area contributed by atoms with E-state index in [0.717, 1.165) is 11.3 Å². The predicted octanol–water partition coefficient (Wildman–Crippen LogP) is 5.07. The summed E-state index contributed by atoms with van der Waals surface area (Å²) in [5.41, 5.74) is 5.61. The maximum atomic E-state index is 13.3. The number of pyridine rings is 2. The Morgan fingerprint density at radius 2 is 1.52 bits per heavy atom. The van der Waals surface area contributed by atoms with Gasteiger partial charge in [-0.15, -0.1) is 0 Å². The van der Waals surface area contributed by atoms with E-state index in [9.17, 15) is 4.39 Å². The van der Waals surface area contributed by atoms with Gasteiger partial charge in [0.05, 0.1) is 0 Å². The van der Waals surface area contributed by atoms with Gasteiger partial charge < -0.3 is 8.80 Å². The molecule has 25 heavy (non-hydrogen) atoms. The summed E-state index contributed by atoms with van der Waals surface area (Å²) in [7, 11) is 0. The van der Waals surface area contributed by atoms with Gasteiger partial charge in [-0.2, -0.15) is 0 Å². The average molecular weight is 340 g/mol. The first kappa shape index (κ1) is 18.6. The molecule has 0 aromatic carbocycles. The van der Waals surface area contributed by atoms with Crippen LogP contribution in [0.2, 0.25) is 0 Å². The molecule has 0 saturated heterocycles. The summed E-state index contributed by atoms with van der Waals surface area (Å²) in [4.78, 5) is 8.21. The van der Waals surface area contributed by atoms with Crippen LogP contribution in [0.25, 0.3) is 11.3 Å². The van der Waals surface area contributed by atoms with Crippen LogP contribution in [0.3, 0.4) is 0 Å². The summed E-state index contributed by atoms with van der Waals surface area (Å²) < 4.78 is 17.1. The van der Waals surface area contributed by atoms with Crippen molar-refractivity contribution in [3.63, 3.8) is 0 Å². The molecule has 132 valence electrons. The highest BCUT2D eigenvalue weighted by atomic mass is 19.1. The fourth-order valence-electron chi connectivity index (χ4n) is 2.45. The molecule has 0 amide bonds. The molecule has 4 nitrogen and oxygen atoms in total. The van der Waals surface area contributed by atoms with Crippen molar-refractivity contribution in [3.8, 4) is 0 Å². The van der Waals surface area contributed by atoms with Crippen molar-refractivity contribution >= 4 is 11.3 Å². The average Bonchev–Trinajstić information content (AvgIpc) is 3.25. The van der Waals surface area contributed by atoms with Crippen molar-refractivity contribution < 1.29 is 4.39 Å². The van der Waals surface area contributed by atoms with Gasteiger partial charge in [-0.1, -0.05) is 13.8 Å². The molecule has 5 heteroatoms. The number of aromatic nitrogens is 4.